The topological polar surface area (TPSA) is 59.0 Å². The molecule has 1 aromatic rings. The Morgan fingerprint density at radius 2 is 2.35 bits per heavy atom. The van der Waals surface area contributed by atoms with E-state index in [0.717, 1.165) is 5.56 Å². The molecule has 1 heterocycles. The molecule has 20 heavy (non-hydrogen) atoms. The smallest absolute Gasteiger partial charge is 0.334 e. The van der Waals surface area contributed by atoms with Crippen molar-refractivity contribution in [3.8, 4) is 5.75 Å². The van der Waals surface area contributed by atoms with Gasteiger partial charge in [0.1, 0.15) is 0 Å². The molecule has 1 aromatic carbocycles. The van der Waals surface area contributed by atoms with E-state index in [9.17, 15) is 9.18 Å². The quantitative estimate of drug-likeness (QED) is 0.911. The van der Waals surface area contributed by atoms with Gasteiger partial charge >= 0.3 is 5.97 Å². The van der Waals surface area contributed by atoms with Crippen LogP contribution < -0.4 is 4.74 Å². The zero-order valence-electron chi connectivity index (χ0n) is 11.5. The fourth-order valence-electron chi connectivity index (χ4n) is 2.32. The van der Waals surface area contributed by atoms with E-state index in [0.29, 0.717) is 19.7 Å². The van der Waals surface area contributed by atoms with Crippen molar-refractivity contribution in [2.24, 2.45) is 0 Å². The van der Waals surface area contributed by atoms with Crippen molar-refractivity contribution in [1.82, 2.24) is 4.90 Å². The number of carboxylic acid groups (broad SMARTS) is 1. The SMILES string of the molecule is COc1ccc(C(C)N2CCOC(C(=O)O)C2)cc1F. The second-order valence-electron chi connectivity index (χ2n) is 4.76. The molecule has 1 aliphatic rings. The number of hydrogen-bond acceptors (Lipinski definition) is 4. The molecule has 0 radical (unpaired) electrons. The monoisotopic (exact) mass is 283 g/mol. The number of hydrogen-bond donors (Lipinski definition) is 1. The first-order valence-corrected chi connectivity index (χ1v) is 6.45. The highest BCUT2D eigenvalue weighted by atomic mass is 19.1. The number of carboxylic acids is 1. The van der Waals surface area contributed by atoms with Crippen molar-refractivity contribution in [2.45, 2.75) is 19.1 Å². The maximum absolute atomic E-state index is 13.7. The number of rotatable bonds is 4. The summed E-state index contributed by atoms with van der Waals surface area (Å²) in [7, 11) is 1.42. The number of halogens is 1. The summed E-state index contributed by atoms with van der Waals surface area (Å²) in [6.07, 6.45) is -0.825. The molecule has 110 valence electrons. The predicted octanol–water partition coefficient (Wildman–Crippen LogP) is 1.68. The molecule has 1 N–H and O–H groups in total. The largest absolute Gasteiger partial charge is 0.494 e. The van der Waals surface area contributed by atoms with Gasteiger partial charge in [0, 0.05) is 19.1 Å². The lowest BCUT2D eigenvalue weighted by Gasteiger charge is -2.35. The van der Waals surface area contributed by atoms with E-state index in [1.807, 2.05) is 11.8 Å². The first-order valence-electron chi connectivity index (χ1n) is 6.45. The Kier molecular flexibility index (Phi) is 4.57. The summed E-state index contributed by atoms with van der Waals surface area (Å²) >= 11 is 0. The summed E-state index contributed by atoms with van der Waals surface area (Å²) < 4.78 is 23.8. The molecule has 1 fully saturated rings. The number of nitrogens with zero attached hydrogens (tertiary/aromatic N) is 1. The van der Waals surface area contributed by atoms with Crippen molar-refractivity contribution in [1.29, 1.82) is 0 Å². The molecule has 2 atom stereocenters. The predicted molar refractivity (Wildman–Crippen MR) is 70.3 cm³/mol. The van der Waals surface area contributed by atoms with E-state index in [-0.39, 0.29) is 11.8 Å². The molecular formula is C14H18FNO4. The van der Waals surface area contributed by atoms with Gasteiger partial charge in [-0.15, -0.1) is 0 Å². The average Bonchev–Trinajstić information content (AvgIpc) is 2.46. The van der Waals surface area contributed by atoms with Gasteiger partial charge in [-0.25, -0.2) is 9.18 Å². The molecule has 0 amide bonds. The molecule has 0 aromatic heterocycles. The molecule has 0 spiro atoms. The van der Waals surface area contributed by atoms with Crippen molar-refractivity contribution < 1.29 is 23.8 Å². The van der Waals surface area contributed by atoms with Gasteiger partial charge in [-0.3, -0.25) is 4.90 Å². The third kappa shape index (κ3) is 3.08. The number of ether oxygens (including phenoxy) is 2. The summed E-state index contributed by atoms with van der Waals surface area (Å²) in [6, 6.07) is 4.71. The lowest BCUT2D eigenvalue weighted by Crippen LogP contribution is -2.46. The maximum atomic E-state index is 13.7. The fraction of sp³-hybridized carbons (Fsp3) is 0.500. The molecule has 2 rings (SSSR count). The minimum absolute atomic E-state index is 0.0823. The summed E-state index contributed by atoms with van der Waals surface area (Å²) in [5, 5.41) is 8.99. The molecular weight excluding hydrogens is 265 g/mol. The van der Waals surface area contributed by atoms with Crippen molar-refractivity contribution in [3.63, 3.8) is 0 Å². The molecule has 0 aliphatic carbocycles. The Labute approximate surface area is 116 Å². The molecule has 0 bridgehead atoms. The van der Waals surface area contributed by atoms with Crippen LogP contribution in [0.3, 0.4) is 0 Å². The normalized spacial score (nSPS) is 21.4. The molecule has 2 unspecified atom stereocenters. The Hall–Kier alpha value is -1.66. The number of benzene rings is 1. The number of methoxy groups -OCH3 is 1. The fourth-order valence-corrected chi connectivity index (χ4v) is 2.32. The lowest BCUT2D eigenvalue weighted by atomic mass is 10.1. The molecule has 0 saturated carbocycles. The minimum Gasteiger partial charge on any atom is -0.494 e. The third-order valence-corrected chi connectivity index (χ3v) is 3.58. The first kappa shape index (κ1) is 14.7. The zero-order valence-corrected chi connectivity index (χ0v) is 11.5. The van der Waals surface area contributed by atoms with Gasteiger partial charge in [0.25, 0.3) is 0 Å². The Morgan fingerprint density at radius 1 is 1.60 bits per heavy atom. The van der Waals surface area contributed by atoms with E-state index < -0.39 is 17.9 Å². The van der Waals surface area contributed by atoms with Crippen LogP contribution in [-0.2, 0) is 9.53 Å². The minimum atomic E-state index is -0.970. The lowest BCUT2D eigenvalue weighted by molar-refractivity contribution is -0.157. The highest BCUT2D eigenvalue weighted by molar-refractivity contribution is 5.72. The van der Waals surface area contributed by atoms with Crippen LogP contribution in [0, 0.1) is 5.82 Å². The highest BCUT2D eigenvalue weighted by Gasteiger charge is 2.29. The van der Waals surface area contributed by atoms with Gasteiger partial charge in [-0.2, -0.15) is 0 Å². The van der Waals surface area contributed by atoms with Crippen LogP contribution in [0.15, 0.2) is 18.2 Å². The van der Waals surface area contributed by atoms with Gasteiger partial charge in [-0.05, 0) is 24.6 Å². The zero-order chi connectivity index (χ0) is 14.7. The summed E-state index contributed by atoms with van der Waals surface area (Å²) in [5.74, 6) is -1.19. The Balaban J connectivity index is 2.12. The van der Waals surface area contributed by atoms with Crippen LogP contribution in [0.2, 0.25) is 0 Å². The first-order chi connectivity index (χ1) is 9.52. The summed E-state index contributed by atoms with van der Waals surface area (Å²) in [4.78, 5) is 12.9. The van der Waals surface area contributed by atoms with Gasteiger partial charge in [0.05, 0.1) is 13.7 Å². The standard InChI is InChI=1S/C14H18FNO4/c1-9(10-3-4-12(19-2)11(15)7-10)16-5-6-20-13(8-16)14(17)18/h3-4,7,9,13H,5-6,8H2,1-2H3,(H,17,18). The van der Waals surface area contributed by atoms with E-state index >= 15 is 0 Å². The van der Waals surface area contributed by atoms with Gasteiger partial charge < -0.3 is 14.6 Å². The highest BCUT2D eigenvalue weighted by Crippen LogP contribution is 2.26. The van der Waals surface area contributed by atoms with Crippen LogP contribution in [0.25, 0.3) is 0 Å². The number of aliphatic carboxylic acids is 1. The summed E-state index contributed by atoms with van der Waals surface area (Å²) in [5.41, 5.74) is 0.786. The van der Waals surface area contributed by atoms with Crippen LogP contribution in [-0.4, -0.2) is 48.9 Å². The van der Waals surface area contributed by atoms with E-state index in [4.69, 9.17) is 14.6 Å². The van der Waals surface area contributed by atoms with Crippen LogP contribution >= 0.6 is 0 Å². The maximum Gasteiger partial charge on any atom is 0.334 e. The van der Waals surface area contributed by atoms with Gasteiger partial charge in [0.2, 0.25) is 0 Å². The van der Waals surface area contributed by atoms with E-state index in [2.05, 4.69) is 0 Å². The van der Waals surface area contributed by atoms with E-state index in [1.165, 1.54) is 13.2 Å². The second kappa shape index (κ2) is 6.19. The number of morpholine rings is 1. The van der Waals surface area contributed by atoms with Crippen LogP contribution in [0.5, 0.6) is 5.75 Å². The average molecular weight is 283 g/mol. The molecule has 5 nitrogen and oxygen atoms in total. The Bertz CT molecular complexity index is 494. The van der Waals surface area contributed by atoms with Crippen molar-refractivity contribution in [2.75, 3.05) is 26.8 Å². The van der Waals surface area contributed by atoms with Crippen LogP contribution in [0.1, 0.15) is 18.5 Å². The van der Waals surface area contributed by atoms with E-state index in [1.54, 1.807) is 12.1 Å². The van der Waals surface area contributed by atoms with Crippen molar-refractivity contribution >= 4 is 5.97 Å². The molecule has 6 heteroatoms. The summed E-state index contributed by atoms with van der Waals surface area (Å²) in [6.45, 7) is 3.20. The van der Waals surface area contributed by atoms with Crippen molar-refractivity contribution in [3.05, 3.63) is 29.6 Å². The van der Waals surface area contributed by atoms with Gasteiger partial charge in [-0.1, -0.05) is 6.07 Å². The van der Waals surface area contributed by atoms with Gasteiger partial charge in [0.15, 0.2) is 17.7 Å². The third-order valence-electron chi connectivity index (χ3n) is 3.58. The second-order valence-corrected chi connectivity index (χ2v) is 4.76. The Morgan fingerprint density at radius 3 is 2.95 bits per heavy atom. The number of carbonyl (C=O) groups is 1. The van der Waals surface area contributed by atoms with Crippen LogP contribution in [0.4, 0.5) is 4.39 Å². The molecule has 1 saturated heterocycles. The molecule has 1 aliphatic heterocycles.